The summed E-state index contributed by atoms with van der Waals surface area (Å²) in [6, 6.07) is 0. The third kappa shape index (κ3) is 11.2. The maximum Gasteiger partial charge on any atom is 0.320 e. The van der Waals surface area contributed by atoms with Crippen LogP contribution >= 0.6 is 0 Å². The molecule has 0 heterocycles. The van der Waals surface area contributed by atoms with Crippen molar-refractivity contribution in [2.75, 3.05) is 20.3 Å². The molecule has 0 bridgehead atoms. The second kappa shape index (κ2) is 12.9. The molecule has 0 rings (SSSR count). The maximum absolute atomic E-state index is 11.3. The molecule has 0 unspecified atom stereocenters. The van der Waals surface area contributed by atoms with Crippen molar-refractivity contribution in [3.63, 3.8) is 0 Å². The summed E-state index contributed by atoms with van der Waals surface area (Å²) < 4.78 is 9.57. The minimum atomic E-state index is -0.750. The molecule has 0 spiro atoms. The molecule has 0 aromatic rings. The molecule has 112 valence electrons. The number of carbonyl (C=O) groups excluding carboxylic acids is 3. The second-order valence-electron chi connectivity index (χ2n) is 3.65. The van der Waals surface area contributed by atoms with Crippen molar-refractivity contribution in [2.24, 2.45) is 5.92 Å². The minimum absolute atomic E-state index is 0.00463. The Hall–Kier alpha value is -1.59. The lowest BCUT2D eigenvalue weighted by molar-refractivity contribution is -0.161. The number of rotatable bonds is 6. The summed E-state index contributed by atoms with van der Waals surface area (Å²) in [5.41, 5.74) is 0. The first-order chi connectivity index (χ1) is 8.94. The Balaban J connectivity index is 0. The van der Waals surface area contributed by atoms with Crippen LogP contribution in [-0.2, 0) is 23.9 Å². The fourth-order valence-electron chi connectivity index (χ4n) is 1.11. The predicted octanol–water partition coefficient (Wildman–Crippen LogP) is 1.28. The highest BCUT2D eigenvalue weighted by Gasteiger charge is 2.28. The summed E-state index contributed by atoms with van der Waals surface area (Å²) in [4.78, 5) is 32.4. The average Bonchev–Trinajstić information content (AvgIpc) is 2.37. The van der Waals surface area contributed by atoms with Gasteiger partial charge in [-0.15, -0.1) is 0 Å². The molecular formula is C13H25NO5. The number of nitrogens with one attached hydrogen (secondary N) is 1. The van der Waals surface area contributed by atoms with Gasteiger partial charge in [-0.1, -0.05) is 13.3 Å². The maximum atomic E-state index is 11.3. The van der Waals surface area contributed by atoms with Crippen LogP contribution in [0.5, 0.6) is 0 Å². The molecule has 0 aliphatic heterocycles. The number of hydrogen-bond donors (Lipinski definition) is 1. The van der Waals surface area contributed by atoms with Gasteiger partial charge in [0.1, 0.15) is 0 Å². The van der Waals surface area contributed by atoms with Gasteiger partial charge in [0.05, 0.1) is 13.2 Å². The van der Waals surface area contributed by atoms with E-state index in [0.29, 0.717) is 19.6 Å². The van der Waals surface area contributed by atoms with Crippen molar-refractivity contribution in [2.45, 2.75) is 40.5 Å². The first-order valence-electron chi connectivity index (χ1n) is 6.45. The van der Waals surface area contributed by atoms with Gasteiger partial charge in [0.2, 0.25) is 5.91 Å². The summed E-state index contributed by atoms with van der Waals surface area (Å²) in [6.07, 6.45) is 1.24. The van der Waals surface area contributed by atoms with Gasteiger partial charge in [-0.05, 0) is 20.3 Å². The monoisotopic (exact) mass is 275 g/mol. The van der Waals surface area contributed by atoms with Gasteiger partial charge >= 0.3 is 11.9 Å². The summed E-state index contributed by atoms with van der Waals surface area (Å²) in [7, 11) is 1.60. The Morgan fingerprint density at radius 1 is 1.00 bits per heavy atom. The van der Waals surface area contributed by atoms with Crippen LogP contribution in [0.25, 0.3) is 0 Å². The topological polar surface area (TPSA) is 81.7 Å². The van der Waals surface area contributed by atoms with Gasteiger partial charge < -0.3 is 14.8 Å². The quantitative estimate of drug-likeness (QED) is 0.583. The minimum Gasteiger partial charge on any atom is -0.465 e. The number of hydrogen-bond acceptors (Lipinski definition) is 5. The highest BCUT2D eigenvalue weighted by molar-refractivity contribution is 5.94. The van der Waals surface area contributed by atoms with E-state index >= 15 is 0 Å². The van der Waals surface area contributed by atoms with Crippen LogP contribution in [0.1, 0.15) is 40.5 Å². The zero-order chi connectivity index (χ0) is 15.3. The van der Waals surface area contributed by atoms with Crippen LogP contribution in [0.15, 0.2) is 0 Å². The molecule has 0 aromatic heterocycles. The standard InChI is InChI=1S/C10H18O4.C3H7NO/c1-4-7-8(9(11)13-5-2)10(12)14-6-3;1-3(5)4-2/h8H,4-7H2,1-3H3;1-2H3,(H,4,5). The van der Waals surface area contributed by atoms with Crippen LogP contribution in [0.2, 0.25) is 0 Å². The van der Waals surface area contributed by atoms with Gasteiger partial charge in [-0.2, -0.15) is 0 Å². The molecule has 0 aromatic carbocycles. The summed E-state index contributed by atoms with van der Waals surface area (Å²) in [5.74, 6) is -1.70. The second-order valence-corrected chi connectivity index (χ2v) is 3.65. The fraction of sp³-hybridized carbons (Fsp3) is 0.769. The van der Waals surface area contributed by atoms with Crippen LogP contribution in [-0.4, -0.2) is 38.1 Å². The molecule has 1 N–H and O–H groups in total. The van der Waals surface area contributed by atoms with E-state index in [9.17, 15) is 14.4 Å². The average molecular weight is 275 g/mol. The predicted molar refractivity (Wildman–Crippen MR) is 71.4 cm³/mol. The smallest absolute Gasteiger partial charge is 0.320 e. The van der Waals surface area contributed by atoms with Crippen LogP contribution < -0.4 is 5.32 Å². The summed E-state index contributed by atoms with van der Waals surface area (Å²) in [5, 5.41) is 2.39. The highest BCUT2D eigenvalue weighted by Crippen LogP contribution is 2.11. The van der Waals surface area contributed by atoms with E-state index in [1.807, 2.05) is 6.92 Å². The summed E-state index contributed by atoms with van der Waals surface area (Å²) in [6.45, 7) is 7.39. The Bertz CT molecular complexity index is 260. The van der Waals surface area contributed by atoms with Crippen molar-refractivity contribution in [3.8, 4) is 0 Å². The van der Waals surface area contributed by atoms with Gasteiger partial charge in [0.15, 0.2) is 5.92 Å². The molecule has 0 atom stereocenters. The first-order valence-corrected chi connectivity index (χ1v) is 6.45. The molecule has 6 heteroatoms. The van der Waals surface area contributed by atoms with E-state index in [1.165, 1.54) is 6.92 Å². The van der Waals surface area contributed by atoms with Crippen LogP contribution in [0.4, 0.5) is 0 Å². The molecule has 0 aliphatic carbocycles. The Morgan fingerprint density at radius 2 is 1.37 bits per heavy atom. The van der Waals surface area contributed by atoms with E-state index in [2.05, 4.69) is 5.32 Å². The lowest BCUT2D eigenvalue weighted by atomic mass is 10.0. The molecule has 0 fully saturated rings. The van der Waals surface area contributed by atoms with Crippen LogP contribution in [0, 0.1) is 5.92 Å². The van der Waals surface area contributed by atoms with Gasteiger partial charge in [0, 0.05) is 14.0 Å². The fourth-order valence-corrected chi connectivity index (χ4v) is 1.11. The zero-order valence-electron chi connectivity index (χ0n) is 12.4. The van der Waals surface area contributed by atoms with Gasteiger partial charge in [-0.3, -0.25) is 14.4 Å². The van der Waals surface area contributed by atoms with Gasteiger partial charge in [-0.25, -0.2) is 0 Å². The van der Waals surface area contributed by atoms with Crippen molar-refractivity contribution < 1.29 is 23.9 Å². The van der Waals surface area contributed by atoms with Gasteiger partial charge in [0.25, 0.3) is 0 Å². The Kier molecular flexibility index (Phi) is 13.4. The third-order valence-electron chi connectivity index (χ3n) is 2.07. The summed E-state index contributed by atoms with van der Waals surface area (Å²) >= 11 is 0. The number of amides is 1. The van der Waals surface area contributed by atoms with E-state index in [1.54, 1.807) is 20.9 Å². The van der Waals surface area contributed by atoms with E-state index in [0.717, 1.165) is 6.42 Å². The normalized spacial score (nSPS) is 9.16. The zero-order valence-corrected chi connectivity index (χ0v) is 12.4. The highest BCUT2D eigenvalue weighted by atomic mass is 16.6. The van der Waals surface area contributed by atoms with E-state index < -0.39 is 17.9 Å². The van der Waals surface area contributed by atoms with Crippen molar-refractivity contribution in [3.05, 3.63) is 0 Å². The van der Waals surface area contributed by atoms with Crippen molar-refractivity contribution in [1.29, 1.82) is 0 Å². The largest absolute Gasteiger partial charge is 0.465 e. The van der Waals surface area contributed by atoms with E-state index in [-0.39, 0.29) is 5.91 Å². The SMILES string of the molecule is CCCC(C(=O)OCC)C(=O)OCC.CNC(C)=O. The lowest BCUT2D eigenvalue weighted by Crippen LogP contribution is -2.27. The molecule has 19 heavy (non-hydrogen) atoms. The molecule has 6 nitrogen and oxygen atoms in total. The lowest BCUT2D eigenvalue weighted by Gasteiger charge is -2.12. The molecule has 0 saturated carbocycles. The molecule has 0 aliphatic rings. The molecule has 0 radical (unpaired) electrons. The Labute approximate surface area is 114 Å². The number of esters is 2. The Morgan fingerprint density at radius 3 is 1.58 bits per heavy atom. The molecule has 0 saturated heterocycles. The molecular weight excluding hydrogens is 250 g/mol. The van der Waals surface area contributed by atoms with E-state index in [4.69, 9.17) is 9.47 Å². The number of carbonyl (C=O) groups is 3. The third-order valence-corrected chi connectivity index (χ3v) is 2.07. The first kappa shape index (κ1) is 19.7. The van der Waals surface area contributed by atoms with Crippen molar-refractivity contribution >= 4 is 17.8 Å². The van der Waals surface area contributed by atoms with Crippen LogP contribution in [0.3, 0.4) is 0 Å². The molecule has 1 amide bonds. The number of ether oxygens (including phenoxy) is 2. The van der Waals surface area contributed by atoms with Crippen molar-refractivity contribution in [1.82, 2.24) is 5.32 Å².